The summed E-state index contributed by atoms with van der Waals surface area (Å²) in [5, 5.41) is 3.34. The molecule has 4 aromatic rings. The highest BCUT2D eigenvalue weighted by Crippen LogP contribution is 2.34. The SMILES string of the molecule is COC(F)(F)Cn1cnc(-c2ccc(F)cc2)c1-c1nccn1-c1ccc(N2CCNCC2)cc1. The number of ether oxygens (including phenoxy) is 1. The molecule has 0 unspecified atom stereocenters. The van der Waals surface area contributed by atoms with Gasteiger partial charge in [-0.3, -0.25) is 4.57 Å². The van der Waals surface area contributed by atoms with Crippen LogP contribution >= 0.6 is 0 Å². The fraction of sp³-hybridized carbons (Fsp3) is 0.280. The van der Waals surface area contributed by atoms with Gasteiger partial charge in [-0.2, -0.15) is 8.78 Å². The van der Waals surface area contributed by atoms with Gasteiger partial charge in [-0.15, -0.1) is 0 Å². The van der Waals surface area contributed by atoms with E-state index in [0.717, 1.165) is 44.7 Å². The summed E-state index contributed by atoms with van der Waals surface area (Å²) < 4.78 is 49.5. The number of nitrogens with one attached hydrogen (secondary N) is 1. The minimum atomic E-state index is -3.40. The lowest BCUT2D eigenvalue weighted by Gasteiger charge is -2.29. The number of hydrogen-bond donors (Lipinski definition) is 1. The average Bonchev–Trinajstić information content (AvgIpc) is 3.52. The largest absolute Gasteiger partial charge is 0.373 e. The molecule has 0 amide bonds. The van der Waals surface area contributed by atoms with Crippen LogP contribution in [0.4, 0.5) is 18.9 Å². The van der Waals surface area contributed by atoms with Crippen LogP contribution in [0.25, 0.3) is 28.5 Å². The summed E-state index contributed by atoms with van der Waals surface area (Å²) in [5.41, 5.74) is 3.33. The highest BCUT2D eigenvalue weighted by atomic mass is 19.3. The number of anilines is 1. The van der Waals surface area contributed by atoms with Gasteiger partial charge in [0, 0.05) is 62.6 Å². The number of aromatic nitrogens is 4. The van der Waals surface area contributed by atoms with E-state index in [0.29, 0.717) is 22.8 Å². The molecule has 0 spiro atoms. The molecule has 5 rings (SSSR count). The zero-order chi connectivity index (χ0) is 24.4. The Morgan fingerprint density at radius 3 is 2.34 bits per heavy atom. The number of alkyl halides is 2. The van der Waals surface area contributed by atoms with Gasteiger partial charge < -0.3 is 19.5 Å². The third kappa shape index (κ3) is 4.80. The molecule has 2 aromatic heterocycles. The highest BCUT2D eigenvalue weighted by Gasteiger charge is 2.32. The van der Waals surface area contributed by atoms with Gasteiger partial charge >= 0.3 is 6.11 Å². The van der Waals surface area contributed by atoms with E-state index >= 15 is 0 Å². The number of methoxy groups -OCH3 is 1. The van der Waals surface area contributed by atoms with Crippen molar-refractivity contribution in [2.45, 2.75) is 12.7 Å². The monoisotopic (exact) mass is 482 g/mol. The maximum atomic E-state index is 14.2. The number of benzene rings is 2. The van der Waals surface area contributed by atoms with Crippen LogP contribution < -0.4 is 10.2 Å². The molecule has 1 aliphatic rings. The number of rotatable bonds is 7. The molecule has 10 heteroatoms. The van der Waals surface area contributed by atoms with Crippen LogP contribution in [0, 0.1) is 5.82 Å². The van der Waals surface area contributed by atoms with Gasteiger partial charge in [-0.25, -0.2) is 14.4 Å². The fourth-order valence-corrected chi connectivity index (χ4v) is 4.25. The fourth-order valence-electron chi connectivity index (χ4n) is 4.25. The first-order valence-electron chi connectivity index (χ1n) is 11.3. The summed E-state index contributed by atoms with van der Waals surface area (Å²) in [7, 11) is 0.957. The zero-order valence-corrected chi connectivity index (χ0v) is 19.2. The number of hydrogen-bond acceptors (Lipinski definition) is 5. The summed E-state index contributed by atoms with van der Waals surface area (Å²) in [6.45, 7) is 3.00. The van der Waals surface area contributed by atoms with E-state index in [1.54, 1.807) is 24.5 Å². The van der Waals surface area contributed by atoms with Crippen molar-refractivity contribution in [3.8, 4) is 28.5 Å². The maximum Gasteiger partial charge on any atom is 0.373 e. The molecule has 1 aliphatic heterocycles. The summed E-state index contributed by atoms with van der Waals surface area (Å²) in [6, 6.07) is 13.8. The van der Waals surface area contributed by atoms with Crippen molar-refractivity contribution in [2.75, 3.05) is 38.2 Å². The Kier molecular flexibility index (Phi) is 6.31. The van der Waals surface area contributed by atoms with Gasteiger partial charge in [0.2, 0.25) is 0 Å². The lowest BCUT2D eigenvalue weighted by molar-refractivity contribution is -0.229. The second kappa shape index (κ2) is 9.55. The van der Waals surface area contributed by atoms with Crippen LogP contribution in [-0.2, 0) is 11.3 Å². The molecule has 3 heterocycles. The van der Waals surface area contributed by atoms with E-state index in [1.807, 2.05) is 28.8 Å². The minimum Gasteiger partial charge on any atom is -0.369 e. The van der Waals surface area contributed by atoms with Crippen LogP contribution in [-0.4, -0.2) is 58.5 Å². The number of nitrogens with zero attached hydrogens (tertiary/aromatic N) is 5. The number of piperazine rings is 1. The molecule has 1 fully saturated rings. The van der Waals surface area contributed by atoms with E-state index in [9.17, 15) is 13.2 Å². The molecule has 0 aliphatic carbocycles. The Labute approximate surface area is 200 Å². The topological polar surface area (TPSA) is 60.1 Å². The molecule has 35 heavy (non-hydrogen) atoms. The predicted octanol–water partition coefficient (Wildman–Crippen LogP) is 4.19. The third-order valence-electron chi connectivity index (χ3n) is 6.07. The van der Waals surface area contributed by atoms with E-state index in [4.69, 9.17) is 0 Å². The summed E-state index contributed by atoms with van der Waals surface area (Å²) >= 11 is 0. The Morgan fingerprint density at radius 2 is 1.66 bits per heavy atom. The van der Waals surface area contributed by atoms with Crippen LogP contribution in [0.3, 0.4) is 0 Å². The maximum absolute atomic E-state index is 14.2. The van der Waals surface area contributed by atoms with Crippen LogP contribution in [0.5, 0.6) is 0 Å². The van der Waals surface area contributed by atoms with Crippen molar-refractivity contribution < 1.29 is 17.9 Å². The summed E-state index contributed by atoms with van der Waals surface area (Å²) in [5.74, 6) is 0.0374. The molecule has 182 valence electrons. The Hall–Kier alpha value is -3.63. The van der Waals surface area contributed by atoms with Crippen molar-refractivity contribution in [2.24, 2.45) is 0 Å². The van der Waals surface area contributed by atoms with Gasteiger partial charge in [-0.1, -0.05) is 0 Å². The molecule has 1 N–H and O–H groups in total. The van der Waals surface area contributed by atoms with E-state index < -0.39 is 18.5 Å². The quantitative estimate of drug-likeness (QED) is 0.428. The van der Waals surface area contributed by atoms with Crippen LogP contribution in [0.15, 0.2) is 67.3 Å². The van der Waals surface area contributed by atoms with E-state index in [2.05, 4.69) is 24.9 Å². The second-order valence-corrected chi connectivity index (χ2v) is 8.29. The highest BCUT2D eigenvalue weighted by molar-refractivity contribution is 5.76. The van der Waals surface area contributed by atoms with Gasteiger partial charge in [-0.05, 0) is 48.5 Å². The molecule has 0 bridgehead atoms. The molecule has 0 radical (unpaired) electrons. The number of imidazole rings is 2. The lowest BCUT2D eigenvalue weighted by atomic mass is 10.1. The Balaban J connectivity index is 1.56. The van der Waals surface area contributed by atoms with Crippen molar-refractivity contribution in [1.29, 1.82) is 0 Å². The van der Waals surface area contributed by atoms with Crippen molar-refractivity contribution in [3.05, 3.63) is 73.1 Å². The average molecular weight is 483 g/mol. The van der Waals surface area contributed by atoms with Crippen LogP contribution in [0.2, 0.25) is 0 Å². The van der Waals surface area contributed by atoms with Crippen LogP contribution in [0.1, 0.15) is 0 Å². The Bertz CT molecular complexity index is 1280. The lowest BCUT2D eigenvalue weighted by Crippen LogP contribution is -2.43. The summed E-state index contributed by atoms with van der Waals surface area (Å²) in [6.07, 6.45) is 1.31. The van der Waals surface area contributed by atoms with Gasteiger partial charge in [0.05, 0.1) is 12.0 Å². The molecule has 7 nitrogen and oxygen atoms in total. The van der Waals surface area contributed by atoms with Crippen molar-refractivity contribution >= 4 is 5.69 Å². The van der Waals surface area contributed by atoms with Gasteiger partial charge in [0.15, 0.2) is 5.82 Å². The van der Waals surface area contributed by atoms with E-state index in [1.165, 1.54) is 23.0 Å². The third-order valence-corrected chi connectivity index (χ3v) is 6.07. The minimum absolute atomic E-state index is 0.379. The molecular weight excluding hydrogens is 457 g/mol. The first-order chi connectivity index (χ1) is 16.9. The Morgan fingerprint density at radius 1 is 0.971 bits per heavy atom. The number of halogens is 3. The van der Waals surface area contributed by atoms with Crippen molar-refractivity contribution in [3.63, 3.8) is 0 Å². The molecule has 2 aromatic carbocycles. The van der Waals surface area contributed by atoms with Crippen molar-refractivity contribution in [1.82, 2.24) is 24.4 Å². The first-order valence-corrected chi connectivity index (χ1v) is 11.3. The molecule has 0 saturated carbocycles. The van der Waals surface area contributed by atoms with Gasteiger partial charge in [0.25, 0.3) is 0 Å². The van der Waals surface area contributed by atoms with E-state index in [-0.39, 0.29) is 0 Å². The zero-order valence-electron chi connectivity index (χ0n) is 19.2. The molecular formula is C25H25F3N6O. The normalized spacial score (nSPS) is 14.5. The standard InChI is InChI=1S/C25H25F3N6O/c1-35-25(27,28)16-33-17-31-22(18-2-4-19(26)5-3-18)23(33)24-30-12-15-34(24)21-8-6-20(7-9-21)32-13-10-29-11-14-32/h2-9,12,15,17,29H,10-11,13-14,16H2,1H3. The first kappa shape index (κ1) is 23.1. The summed E-state index contributed by atoms with van der Waals surface area (Å²) in [4.78, 5) is 11.2. The predicted molar refractivity (Wildman–Crippen MR) is 127 cm³/mol. The second-order valence-electron chi connectivity index (χ2n) is 8.29. The molecule has 0 atom stereocenters. The smallest absolute Gasteiger partial charge is 0.369 e. The van der Waals surface area contributed by atoms with Gasteiger partial charge in [0.1, 0.15) is 18.1 Å². The molecule has 1 saturated heterocycles.